The summed E-state index contributed by atoms with van der Waals surface area (Å²) in [7, 11) is 0. The molecular weight excluding hydrogens is 204 g/mol. The molecule has 1 aliphatic rings. The lowest BCUT2D eigenvalue weighted by atomic mass is 9.83. The summed E-state index contributed by atoms with van der Waals surface area (Å²) in [5.74, 6) is -0.380. The number of phenolic OH excluding ortho intramolecular Hbond substituents is 2. The van der Waals surface area contributed by atoms with Crippen molar-refractivity contribution in [1.82, 2.24) is 0 Å². The number of aromatic hydroxyl groups is 2. The van der Waals surface area contributed by atoms with Gasteiger partial charge in [-0.05, 0) is 25.0 Å². The molecule has 1 aromatic carbocycles. The first-order chi connectivity index (χ1) is 7.70. The first kappa shape index (κ1) is 11.0. The number of benzene rings is 1. The van der Waals surface area contributed by atoms with E-state index in [1.165, 1.54) is 24.6 Å². The summed E-state index contributed by atoms with van der Waals surface area (Å²) in [6.45, 7) is 0. The average molecular weight is 220 g/mol. The van der Waals surface area contributed by atoms with Gasteiger partial charge in [0.25, 0.3) is 0 Å². The molecule has 0 radical (unpaired) electrons. The van der Waals surface area contributed by atoms with E-state index in [1.54, 1.807) is 0 Å². The van der Waals surface area contributed by atoms with E-state index in [0.717, 1.165) is 25.7 Å². The Bertz CT molecular complexity index is 372. The fourth-order valence-corrected chi connectivity index (χ4v) is 2.35. The minimum atomic E-state index is -0.115. The normalized spacial score (nSPS) is 17.2. The number of hydrogen-bond acceptors (Lipinski definition) is 3. The Labute approximate surface area is 94.7 Å². The Morgan fingerprint density at radius 1 is 1.06 bits per heavy atom. The first-order valence-corrected chi connectivity index (χ1v) is 5.75. The molecule has 1 aromatic rings. The monoisotopic (exact) mass is 220 g/mol. The van der Waals surface area contributed by atoms with Gasteiger partial charge in [0.1, 0.15) is 17.1 Å². The summed E-state index contributed by atoms with van der Waals surface area (Å²) < 4.78 is 0. The molecule has 0 bridgehead atoms. The molecule has 3 nitrogen and oxygen atoms in total. The smallest absolute Gasteiger partial charge is 0.173 e. The van der Waals surface area contributed by atoms with Crippen molar-refractivity contribution in [1.29, 1.82) is 0 Å². The van der Waals surface area contributed by atoms with Crippen LogP contribution in [0.5, 0.6) is 11.5 Å². The predicted molar refractivity (Wildman–Crippen MR) is 60.7 cm³/mol. The highest BCUT2D eigenvalue weighted by Crippen LogP contribution is 2.33. The largest absolute Gasteiger partial charge is 0.507 e. The van der Waals surface area contributed by atoms with E-state index in [4.69, 9.17) is 0 Å². The number of ketones is 1. The zero-order chi connectivity index (χ0) is 11.5. The SMILES string of the molecule is O=C(c1c(O)cccc1O)C1CCCCC1. The van der Waals surface area contributed by atoms with Crippen molar-refractivity contribution in [3.8, 4) is 11.5 Å². The summed E-state index contributed by atoms with van der Waals surface area (Å²) in [4.78, 5) is 12.1. The Balaban J connectivity index is 2.26. The van der Waals surface area contributed by atoms with Gasteiger partial charge in [0, 0.05) is 5.92 Å². The molecule has 0 amide bonds. The van der Waals surface area contributed by atoms with Crippen LogP contribution in [0.4, 0.5) is 0 Å². The quantitative estimate of drug-likeness (QED) is 0.753. The standard InChI is InChI=1S/C13H16O3/c14-10-7-4-8-11(15)12(10)13(16)9-5-2-1-3-6-9/h4,7-9,14-15H,1-3,5-6H2. The molecule has 3 heteroatoms. The maximum atomic E-state index is 12.1. The maximum absolute atomic E-state index is 12.1. The number of hydrogen-bond donors (Lipinski definition) is 2. The van der Waals surface area contributed by atoms with Gasteiger partial charge in [-0.1, -0.05) is 25.3 Å². The molecule has 0 spiro atoms. The van der Waals surface area contributed by atoms with Gasteiger partial charge in [-0.25, -0.2) is 0 Å². The van der Waals surface area contributed by atoms with Crippen LogP contribution in [0.3, 0.4) is 0 Å². The molecule has 0 unspecified atom stereocenters. The van der Waals surface area contributed by atoms with Gasteiger partial charge in [0.2, 0.25) is 0 Å². The molecule has 0 saturated heterocycles. The Morgan fingerprint density at radius 3 is 2.19 bits per heavy atom. The van der Waals surface area contributed by atoms with E-state index in [9.17, 15) is 15.0 Å². The molecule has 1 saturated carbocycles. The number of carbonyl (C=O) groups is 1. The maximum Gasteiger partial charge on any atom is 0.173 e. The summed E-state index contributed by atoms with van der Waals surface area (Å²) in [5, 5.41) is 19.2. The molecule has 0 aliphatic heterocycles. The van der Waals surface area contributed by atoms with Crippen LogP contribution in [0.2, 0.25) is 0 Å². The third kappa shape index (κ3) is 2.03. The molecular formula is C13H16O3. The number of carbonyl (C=O) groups excluding carboxylic acids is 1. The van der Waals surface area contributed by atoms with Crippen LogP contribution in [0.1, 0.15) is 42.5 Å². The minimum Gasteiger partial charge on any atom is -0.507 e. The molecule has 0 atom stereocenters. The van der Waals surface area contributed by atoms with Crippen molar-refractivity contribution in [2.75, 3.05) is 0 Å². The van der Waals surface area contributed by atoms with Crippen molar-refractivity contribution < 1.29 is 15.0 Å². The summed E-state index contributed by atoms with van der Waals surface area (Å²) in [5.41, 5.74) is 0.0920. The summed E-state index contributed by atoms with van der Waals surface area (Å²) in [6, 6.07) is 4.41. The van der Waals surface area contributed by atoms with E-state index < -0.39 is 0 Å². The molecule has 1 aliphatic carbocycles. The van der Waals surface area contributed by atoms with E-state index in [-0.39, 0.29) is 28.8 Å². The molecule has 0 heterocycles. The zero-order valence-corrected chi connectivity index (χ0v) is 9.15. The fourth-order valence-electron chi connectivity index (χ4n) is 2.35. The van der Waals surface area contributed by atoms with Crippen molar-refractivity contribution >= 4 is 5.78 Å². The Kier molecular flexibility index (Phi) is 3.13. The molecule has 1 fully saturated rings. The average Bonchev–Trinajstić information content (AvgIpc) is 2.30. The second-order valence-electron chi connectivity index (χ2n) is 4.37. The molecule has 16 heavy (non-hydrogen) atoms. The van der Waals surface area contributed by atoms with E-state index in [0.29, 0.717) is 0 Å². The van der Waals surface area contributed by atoms with Crippen LogP contribution < -0.4 is 0 Å². The number of Topliss-reactive ketones (excluding diaryl/α,β-unsaturated/α-hetero) is 1. The first-order valence-electron chi connectivity index (χ1n) is 5.75. The van der Waals surface area contributed by atoms with Crippen LogP contribution in [0, 0.1) is 5.92 Å². The number of rotatable bonds is 2. The fraction of sp³-hybridized carbons (Fsp3) is 0.462. The molecule has 0 aromatic heterocycles. The summed E-state index contributed by atoms with van der Waals surface area (Å²) in [6.07, 6.45) is 5.03. The lowest BCUT2D eigenvalue weighted by Gasteiger charge is -2.20. The van der Waals surface area contributed by atoms with Crippen LogP contribution in [0.15, 0.2) is 18.2 Å². The van der Waals surface area contributed by atoms with Crippen molar-refractivity contribution in [3.05, 3.63) is 23.8 Å². The Morgan fingerprint density at radius 2 is 1.62 bits per heavy atom. The highest BCUT2D eigenvalue weighted by atomic mass is 16.3. The van der Waals surface area contributed by atoms with E-state index >= 15 is 0 Å². The Hall–Kier alpha value is -1.51. The predicted octanol–water partition coefficient (Wildman–Crippen LogP) is 2.86. The zero-order valence-electron chi connectivity index (χ0n) is 9.15. The van der Waals surface area contributed by atoms with E-state index in [1.807, 2.05) is 0 Å². The molecule has 2 rings (SSSR count). The third-order valence-electron chi connectivity index (χ3n) is 3.24. The molecule has 2 N–H and O–H groups in total. The molecule has 86 valence electrons. The van der Waals surface area contributed by atoms with Gasteiger partial charge >= 0.3 is 0 Å². The van der Waals surface area contributed by atoms with Gasteiger partial charge < -0.3 is 10.2 Å². The topological polar surface area (TPSA) is 57.5 Å². The highest BCUT2D eigenvalue weighted by molar-refractivity contribution is 6.02. The lowest BCUT2D eigenvalue weighted by molar-refractivity contribution is 0.0884. The second kappa shape index (κ2) is 4.56. The van der Waals surface area contributed by atoms with E-state index in [2.05, 4.69) is 0 Å². The highest BCUT2D eigenvalue weighted by Gasteiger charge is 2.26. The number of phenols is 2. The van der Waals surface area contributed by atoms with Gasteiger partial charge in [0.05, 0.1) is 0 Å². The van der Waals surface area contributed by atoms with Crippen LogP contribution in [-0.2, 0) is 0 Å². The van der Waals surface area contributed by atoms with Gasteiger partial charge in [-0.2, -0.15) is 0 Å². The van der Waals surface area contributed by atoms with Gasteiger partial charge in [-0.15, -0.1) is 0 Å². The van der Waals surface area contributed by atoms with Crippen LogP contribution in [-0.4, -0.2) is 16.0 Å². The van der Waals surface area contributed by atoms with Gasteiger partial charge in [-0.3, -0.25) is 4.79 Å². The third-order valence-corrected chi connectivity index (χ3v) is 3.24. The van der Waals surface area contributed by atoms with Gasteiger partial charge in [0.15, 0.2) is 5.78 Å². The van der Waals surface area contributed by atoms with Crippen LogP contribution >= 0.6 is 0 Å². The van der Waals surface area contributed by atoms with Crippen molar-refractivity contribution in [2.24, 2.45) is 5.92 Å². The van der Waals surface area contributed by atoms with Crippen molar-refractivity contribution in [2.45, 2.75) is 32.1 Å². The summed E-state index contributed by atoms with van der Waals surface area (Å²) >= 11 is 0. The lowest BCUT2D eigenvalue weighted by Crippen LogP contribution is -2.18. The van der Waals surface area contributed by atoms with Crippen LogP contribution in [0.25, 0.3) is 0 Å². The van der Waals surface area contributed by atoms with Crippen molar-refractivity contribution in [3.63, 3.8) is 0 Å². The minimum absolute atomic E-state index is 0.0343. The second-order valence-corrected chi connectivity index (χ2v) is 4.37.